The van der Waals surface area contributed by atoms with E-state index in [1.165, 1.54) is 64.2 Å². The SMILES string of the molecule is CC/C=C\C/C=C\C/C=C\C/C=C\CCCCCCCCCCC(=O)NC(COP(=O)(O)OCCN)C(O)/C=C/CC/C=C/CCCCCCCC. The van der Waals surface area contributed by atoms with Crippen LogP contribution in [0, 0.1) is 0 Å². The van der Waals surface area contributed by atoms with Crippen molar-refractivity contribution in [2.75, 3.05) is 19.8 Å². The third-order valence-corrected chi connectivity index (χ3v) is 9.50. The summed E-state index contributed by atoms with van der Waals surface area (Å²) in [6.07, 6.45) is 49.5. The van der Waals surface area contributed by atoms with E-state index >= 15 is 0 Å². The zero-order chi connectivity index (χ0) is 38.2. The Morgan fingerprint density at radius 1 is 0.654 bits per heavy atom. The molecular weight excluding hydrogens is 671 g/mol. The first kappa shape index (κ1) is 49.9. The zero-order valence-corrected chi connectivity index (χ0v) is 33.9. The fourth-order valence-electron chi connectivity index (χ4n) is 5.43. The number of amides is 1. The second kappa shape index (κ2) is 38.7. The molecule has 0 aromatic rings. The fraction of sp³-hybridized carbons (Fsp3) is 0.698. The number of aliphatic hydroxyl groups is 1. The molecule has 9 heteroatoms. The van der Waals surface area contributed by atoms with E-state index in [1.807, 2.05) is 6.08 Å². The Morgan fingerprint density at radius 3 is 1.71 bits per heavy atom. The summed E-state index contributed by atoms with van der Waals surface area (Å²) in [7, 11) is -4.35. The topological polar surface area (TPSA) is 131 Å². The molecule has 0 aromatic heterocycles. The van der Waals surface area contributed by atoms with Crippen molar-refractivity contribution in [3.8, 4) is 0 Å². The first-order chi connectivity index (χ1) is 25.4. The minimum Gasteiger partial charge on any atom is -0.387 e. The summed E-state index contributed by atoms with van der Waals surface area (Å²) in [5.74, 6) is -0.217. The zero-order valence-electron chi connectivity index (χ0n) is 33.0. The maximum atomic E-state index is 12.7. The van der Waals surface area contributed by atoms with Gasteiger partial charge in [0.25, 0.3) is 0 Å². The number of nitrogens with two attached hydrogens (primary N) is 1. The van der Waals surface area contributed by atoms with Crippen molar-refractivity contribution in [3.63, 3.8) is 0 Å². The van der Waals surface area contributed by atoms with Gasteiger partial charge < -0.3 is 21.1 Å². The van der Waals surface area contributed by atoms with E-state index in [9.17, 15) is 19.4 Å². The average Bonchev–Trinajstić information content (AvgIpc) is 3.13. The predicted molar refractivity (Wildman–Crippen MR) is 221 cm³/mol. The van der Waals surface area contributed by atoms with E-state index in [0.29, 0.717) is 6.42 Å². The molecule has 1 amide bonds. The Labute approximate surface area is 318 Å². The van der Waals surface area contributed by atoms with Gasteiger partial charge in [0.15, 0.2) is 0 Å². The number of phosphoric ester groups is 1. The molecule has 0 saturated carbocycles. The smallest absolute Gasteiger partial charge is 0.387 e. The van der Waals surface area contributed by atoms with Crippen LogP contribution < -0.4 is 11.1 Å². The number of allylic oxidation sites excluding steroid dienone is 11. The predicted octanol–water partition coefficient (Wildman–Crippen LogP) is 11.3. The largest absolute Gasteiger partial charge is 0.472 e. The molecule has 0 saturated heterocycles. The van der Waals surface area contributed by atoms with E-state index in [1.54, 1.807) is 6.08 Å². The molecule has 300 valence electrons. The fourth-order valence-corrected chi connectivity index (χ4v) is 6.19. The van der Waals surface area contributed by atoms with Crippen LogP contribution in [0.1, 0.15) is 162 Å². The van der Waals surface area contributed by atoms with Gasteiger partial charge >= 0.3 is 7.82 Å². The van der Waals surface area contributed by atoms with Crippen LogP contribution in [0.2, 0.25) is 0 Å². The molecule has 52 heavy (non-hydrogen) atoms. The van der Waals surface area contributed by atoms with Crippen LogP contribution in [0.5, 0.6) is 0 Å². The van der Waals surface area contributed by atoms with Gasteiger partial charge in [-0.15, -0.1) is 0 Å². The Morgan fingerprint density at radius 2 is 1.13 bits per heavy atom. The van der Waals surface area contributed by atoms with Gasteiger partial charge in [-0.05, 0) is 70.6 Å². The minimum absolute atomic E-state index is 0.0690. The highest BCUT2D eigenvalue weighted by Gasteiger charge is 2.26. The van der Waals surface area contributed by atoms with Crippen molar-refractivity contribution in [3.05, 3.63) is 72.9 Å². The third-order valence-electron chi connectivity index (χ3n) is 8.52. The van der Waals surface area contributed by atoms with E-state index in [0.717, 1.165) is 77.0 Å². The summed E-state index contributed by atoms with van der Waals surface area (Å²) in [5.41, 5.74) is 5.36. The van der Waals surface area contributed by atoms with Gasteiger partial charge in [0.05, 0.1) is 25.4 Å². The standard InChI is InChI=1S/C43H77N2O6P/c1-3-5-7-9-11-13-15-17-18-19-20-21-22-23-24-25-27-29-31-33-35-37-43(47)45-41(40-51-52(48,49)50-39-38-44)42(46)36-34-32-30-28-26-16-14-12-10-8-6-4-2/h5,7,11,13,17-18,20-21,26,28,34,36,41-42,46H,3-4,6,8-10,12,14-16,19,22-25,27,29-33,35,37-40,44H2,1-2H3,(H,45,47)(H,48,49)/b7-5-,13-11-,18-17-,21-20-,28-26+,36-34+. The molecular formula is C43H77N2O6P. The summed E-state index contributed by atoms with van der Waals surface area (Å²) < 4.78 is 22.0. The maximum Gasteiger partial charge on any atom is 0.472 e. The van der Waals surface area contributed by atoms with E-state index in [-0.39, 0.29) is 25.7 Å². The summed E-state index contributed by atoms with van der Waals surface area (Å²) >= 11 is 0. The molecule has 0 aliphatic carbocycles. The number of unbranched alkanes of at least 4 members (excludes halogenated alkanes) is 15. The lowest BCUT2D eigenvalue weighted by molar-refractivity contribution is -0.123. The highest BCUT2D eigenvalue weighted by atomic mass is 31.2. The first-order valence-electron chi connectivity index (χ1n) is 20.6. The number of nitrogens with one attached hydrogen (secondary N) is 1. The summed E-state index contributed by atoms with van der Waals surface area (Å²) in [6.45, 7) is 3.95. The van der Waals surface area contributed by atoms with Crippen molar-refractivity contribution < 1.29 is 28.4 Å². The van der Waals surface area contributed by atoms with Crippen LogP contribution >= 0.6 is 7.82 Å². The van der Waals surface area contributed by atoms with Crippen molar-refractivity contribution in [1.82, 2.24) is 5.32 Å². The van der Waals surface area contributed by atoms with Crippen LogP contribution in [0.3, 0.4) is 0 Å². The Kier molecular flexibility index (Phi) is 37.1. The molecule has 0 fully saturated rings. The number of aliphatic hydroxyl groups excluding tert-OH is 1. The summed E-state index contributed by atoms with van der Waals surface area (Å²) in [4.78, 5) is 22.6. The van der Waals surface area contributed by atoms with Crippen LogP contribution in [0.15, 0.2) is 72.9 Å². The van der Waals surface area contributed by atoms with Gasteiger partial charge in [-0.3, -0.25) is 13.8 Å². The molecule has 0 bridgehead atoms. The van der Waals surface area contributed by atoms with Crippen molar-refractivity contribution in [1.29, 1.82) is 0 Å². The summed E-state index contributed by atoms with van der Waals surface area (Å²) in [6, 6.07) is -0.884. The van der Waals surface area contributed by atoms with Gasteiger partial charge in [-0.2, -0.15) is 0 Å². The lowest BCUT2D eigenvalue weighted by atomic mass is 10.1. The molecule has 0 heterocycles. The second-order valence-electron chi connectivity index (χ2n) is 13.5. The molecule has 0 spiro atoms. The van der Waals surface area contributed by atoms with Gasteiger partial charge in [0.2, 0.25) is 5.91 Å². The van der Waals surface area contributed by atoms with Gasteiger partial charge in [0, 0.05) is 13.0 Å². The highest BCUT2D eigenvalue weighted by Crippen LogP contribution is 2.43. The Hall–Kier alpha value is -2.06. The molecule has 0 rings (SSSR count). The molecule has 3 unspecified atom stereocenters. The Balaban J connectivity index is 4.26. The second-order valence-corrected chi connectivity index (χ2v) is 14.9. The van der Waals surface area contributed by atoms with Crippen LogP contribution in [-0.4, -0.2) is 47.8 Å². The lowest BCUT2D eigenvalue weighted by Gasteiger charge is -2.23. The molecule has 0 aliphatic rings. The van der Waals surface area contributed by atoms with Crippen LogP contribution in [-0.2, 0) is 18.4 Å². The molecule has 0 aliphatic heterocycles. The van der Waals surface area contributed by atoms with Gasteiger partial charge in [0.1, 0.15) is 0 Å². The van der Waals surface area contributed by atoms with Crippen LogP contribution in [0.25, 0.3) is 0 Å². The minimum atomic E-state index is -4.35. The van der Waals surface area contributed by atoms with E-state index in [4.69, 9.17) is 14.8 Å². The molecule has 3 atom stereocenters. The van der Waals surface area contributed by atoms with Crippen molar-refractivity contribution >= 4 is 13.7 Å². The molecule has 5 N–H and O–H groups in total. The van der Waals surface area contributed by atoms with Crippen molar-refractivity contribution in [2.24, 2.45) is 5.73 Å². The number of hydrogen-bond acceptors (Lipinski definition) is 6. The lowest BCUT2D eigenvalue weighted by Crippen LogP contribution is -2.45. The van der Waals surface area contributed by atoms with E-state index < -0.39 is 20.0 Å². The molecule has 8 nitrogen and oxygen atoms in total. The normalized spacial score (nSPS) is 14.9. The summed E-state index contributed by atoms with van der Waals surface area (Å²) in [5, 5.41) is 13.6. The van der Waals surface area contributed by atoms with E-state index in [2.05, 4.69) is 79.9 Å². The van der Waals surface area contributed by atoms with Crippen LogP contribution in [0.4, 0.5) is 0 Å². The molecule has 0 radical (unpaired) electrons. The highest BCUT2D eigenvalue weighted by molar-refractivity contribution is 7.47. The maximum absolute atomic E-state index is 12.7. The van der Waals surface area contributed by atoms with Gasteiger partial charge in [-0.1, -0.05) is 157 Å². The quantitative estimate of drug-likeness (QED) is 0.0282. The average molecular weight is 749 g/mol. The number of phosphoric acid groups is 1. The monoisotopic (exact) mass is 749 g/mol. The third kappa shape index (κ3) is 36.3. The number of carbonyl (C=O) groups is 1. The molecule has 0 aromatic carbocycles. The number of rotatable bonds is 37. The number of hydrogen-bond donors (Lipinski definition) is 4. The van der Waals surface area contributed by atoms with Gasteiger partial charge in [-0.25, -0.2) is 4.57 Å². The van der Waals surface area contributed by atoms with Crippen molar-refractivity contribution in [2.45, 2.75) is 174 Å². The Bertz CT molecular complexity index is 1040. The number of carbonyl (C=O) groups excluding carboxylic acids is 1. The first-order valence-corrected chi connectivity index (χ1v) is 22.1.